The molecule has 0 atom stereocenters. The van der Waals surface area contributed by atoms with Crippen LogP contribution in [0.25, 0.3) is 22.0 Å². The molecule has 6 nitrogen and oxygen atoms in total. The Kier molecular flexibility index (Phi) is 6.47. The summed E-state index contributed by atoms with van der Waals surface area (Å²) < 4.78 is 0. The highest BCUT2D eigenvalue weighted by molar-refractivity contribution is 6.32. The molecule has 2 radical (unpaired) electrons. The number of pyridine rings is 1. The molecule has 2 fully saturated rings. The third-order valence-corrected chi connectivity index (χ3v) is 6.84. The largest absolute Gasteiger partial charge is 0.506 e. The Bertz CT molecular complexity index is 1220. The van der Waals surface area contributed by atoms with E-state index >= 15 is 0 Å². The summed E-state index contributed by atoms with van der Waals surface area (Å²) in [6.07, 6.45) is 3.70. The molecule has 2 aliphatic rings. The fraction of sp³-hybridized carbons (Fsp3) is 0.333. The van der Waals surface area contributed by atoms with Crippen molar-refractivity contribution in [1.29, 1.82) is 0 Å². The first-order chi connectivity index (χ1) is 16.4. The third kappa shape index (κ3) is 4.76. The minimum atomic E-state index is 0.0621. The van der Waals surface area contributed by atoms with E-state index in [1.54, 1.807) is 18.3 Å². The molecule has 2 aromatic carbocycles. The van der Waals surface area contributed by atoms with Crippen LogP contribution in [0.4, 0.5) is 5.69 Å². The Morgan fingerprint density at radius 2 is 1.79 bits per heavy atom. The van der Waals surface area contributed by atoms with Gasteiger partial charge in [-0.25, -0.2) is 0 Å². The normalized spacial score (nSPS) is 17.0. The zero-order valence-corrected chi connectivity index (χ0v) is 20.3. The fourth-order valence-corrected chi connectivity index (χ4v) is 4.63. The fourth-order valence-electron chi connectivity index (χ4n) is 4.45. The average molecular weight is 477 g/mol. The third-order valence-electron chi connectivity index (χ3n) is 6.54. The minimum Gasteiger partial charge on any atom is -0.506 e. The summed E-state index contributed by atoms with van der Waals surface area (Å²) in [5.41, 5.74) is 4.47. The molecule has 176 valence electrons. The van der Waals surface area contributed by atoms with Crippen molar-refractivity contribution in [3.05, 3.63) is 66.3 Å². The second kappa shape index (κ2) is 9.53. The molecule has 0 unspecified atom stereocenters. The molecule has 0 bridgehead atoms. The van der Waals surface area contributed by atoms with Gasteiger partial charge in [0.2, 0.25) is 0 Å². The number of rotatable bonds is 7. The van der Waals surface area contributed by atoms with E-state index in [2.05, 4.69) is 33.9 Å². The number of nitrogens with zero attached hydrogens (tertiary/aromatic N) is 4. The van der Waals surface area contributed by atoms with Gasteiger partial charge >= 0.3 is 0 Å². The van der Waals surface area contributed by atoms with Gasteiger partial charge in [0.1, 0.15) is 5.75 Å². The second-order valence-corrected chi connectivity index (χ2v) is 9.75. The number of benzene rings is 2. The molecule has 1 aromatic heterocycles. The highest BCUT2D eigenvalue weighted by atomic mass is 35.5. The van der Waals surface area contributed by atoms with Gasteiger partial charge < -0.3 is 14.9 Å². The summed E-state index contributed by atoms with van der Waals surface area (Å²) in [4.78, 5) is 24.6. The van der Waals surface area contributed by atoms with E-state index in [-0.39, 0.29) is 17.5 Å². The summed E-state index contributed by atoms with van der Waals surface area (Å²) in [6.45, 7) is 7.63. The van der Waals surface area contributed by atoms with Gasteiger partial charge in [0.25, 0.3) is 0 Å². The van der Waals surface area contributed by atoms with Crippen LogP contribution in [0.1, 0.15) is 23.2 Å². The summed E-state index contributed by atoms with van der Waals surface area (Å²) >= 11 is 6.17. The van der Waals surface area contributed by atoms with Crippen LogP contribution in [-0.4, -0.2) is 65.9 Å². The monoisotopic (exact) mass is 476 g/mol. The van der Waals surface area contributed by atoms with Crippen molar-refractivity contribution in [2.45, 2.75) is 12.8 Å². The van der Waals surface area contributed by atoms with Crippen LogP contribution in [0.2, 0.25) is 5.02 Å². The summed E-state index contributed by atoms with van der Waals surface area (Å²) in [6, 6.07) is 11.3. The van der Waals surface area contributed by atoms with Crippen LogP contribution in [0, 0.1) is 19.0 Å². The maximum atomic E-state index is 13.3. The van der Waals surface area contributed by atoms with Gasteiger partial charge in [-0.1, -0.05) is 23.7 Å². The topological polar surface area (TPSA) is 59.9 Å². The van der Waals surface area contributed by atoms with Crippen molar-refractivity contribution in [1.82, 2.24) is 14.8 Å². The predicted octanol–water partition coefficient (Wildman–Crippen LogP) is 4.86. The molecule has 3 aromatic rings. The average Bonchev–Trinajstić information content (AvgIpc) is 3.69. The zero-order chi connectivity index (χ0) is 23.8. The van der Waals surface area contributed by atoms with Crippen molar-refractivity contribution >= 4 is 34.0 Å². The van der Waals surface area contributed by atoms with Crippen LogP contribution in [0.3, 0.4) is 0 Å². The Morgan fingerprint density at radius 3 is 2.47 bits per heavy atom. The van der Waals surface area contributed by atoms with Crippen molar-refractivity contribution < 1.29 is 9.90 Å². The minimum absolute atomic E-state index is 0.0621. The lowest BCUT2D eigenvalue weighted by atomic mass is 9.98. The van der Waals surface area contributed by atoms with Gasteiger partial charge in [-0.15, -0.1) is 0 Å². The molecule has 1 saturated heterocycles. The second-order valence-electron chi connectivity index (χ2n) is 9.34. The standard InChI is InChI=1S/C27H29ClN4O2/c1-30(2)9-10-31-11-13-32(14-12-31)26-21-15-19(20-6-8-25(33)23(28)16-20)5-7-24(21)29-17-22(26)27(34)18-3-4-18/h5-10,15-18,33H,3-4,11-14H2,1-2H3. The maximum Gasteiger partial charge on any atom is 0.169 e. The number of phenolic OH excluding ortho intramolecular Hbond substituents is 1. The number of phenols is 1. The van der Waals surface area contributed by atoms with Gasteiger partial charge in [0.15, 0.2) is 5.78 Å². The molecule has 1 aliphatic heterocycles. The van der Waals surface area contributed by atoms with E-state index in [1.807, 2.05) is 37.2 Å². The number of aromatic nitrogens is 1. The number of Topliss-reactive ketones (excluding diaryl/α,β-unsaturated/α-hetero) is 1. The number of fused-ring (bicyclic) bond motifs is 1. The maximum absolute atomic E-state index is 13.3. The van der Waals surface area contributed by atoms with Crippen molar-refractivity contribution in [2.24, 2.45) is 5.92 Å². The summed E-state index contributed by atoms with van der Waals surface area (Å²) in [7, 11) is 4.04. The van der Waals surface area contributed by atoms with Gasteiger partial charge in [-0.3, -0.25) is 14.7 Å². The van der Waals surface area contributed by atoms with Crippen LogP contribution in [-0.2, 0) is 0 Å². The highest BCUT2D eigenvalue weighted by Crippen LogP contribution is 2.40. The van der Waals surface area contributed by atoms with Gasteiger partial charge in [-0.05, 0) is 62.3 Å². The summed E-state index contributed by atoms with van der Waals surface area (Å²) in [5.74, 6) is 0.394. The molecule has 2 heterocycles. The van der Waals surface area contributed by atoms with E-state index in [0.29, 0.717) is 5.02 Å². The van der Waals surface area contributed by atoms with E-state index in [0.717, 1.165) is 72.3 Å². The van der Waals surface area contributed by atoms with Crippen LogP contribution in [0.5, 0.6) is 5.75 Å². The SMILES string of the molecule is CN(C)[CH][CH]N1CCN(c2c(C(=O)C3CC3)cnc3ccc(-c4ccc(O)c(Cl)c4)cc23)CC1. The first-order valence-electron chi connectivity index (χ1n) is 11.7. The molecule has 7 heteroatoms. The molecular formula is C27H29ClN4O2. The number of halogens is 1. The lowest BCUT2D eigenvalue weighted by Gasteiger charge is -2.37. The Morgan fingerprint density at radius 1 is 1.09 bits per heavy atom. The quantitative estimate of drug-likeness (QED) is 0.491. The molecule has 1 aliphatic carbocycles. The van der Waals surface area contributed by atoms with Gasteiger partial charge in [-0.2, -0.15) is 0 Å². The Hall–Kier alpha value is -2.67. The number of carbonyl (C=O) groups is 1. The first kappa shape index (κ1) is 23.1. The molecule has 1 N–H and O–H groups in total. The van der Waals surface area contributed by atoms with Crippen molar-refractivity contribution in [2.75, 3.05) is 45.2 Å². The van der Waals surface area contributed by atoms with E-state index in [1.165, 1.54) is 0 Å². The smallest absolute Gasteiger partial charge is 0.169 e. The number of carbonyl (C=O) groups excluding carboxylic acids is 1. The molecule has 0 amide bonds. The Labute approximate surface area is 205 Å². The number of anilines is 1. The molecule has 5 rings (SSSR count). The van der Waals surface area contributed by atoms with Crippen LogP contribution >= 0.6 is 11.6 Å². The Balaban J connectivity index is 1.54. The van der Waals surface area contributed by atoms with E-state index < -0.39 is 0 Å². The van der Waals surface area contributed by atoms with Gasteiger partial charge in [0, 0.05) is 56.8 Å². The van der Waals surface area contributed by atoms with Crippen LogP contribution < -0.4 is 4.90 Å². The van der Waals surface area contributed by atoms with E-state index in [9.17, 15) is 9.90 Å². The van der Waals surface area contributed by atoms with Crippen molar-refractivity contribution in [3.63, 3.8) is 0 Å². The lowest BCUT2D eigenvalue weighted by Crippen LogP contribution is -2.46. The van der Waals surface area contributed by atoms with E-state index in [4.69, 9.17) is 11.6 Å². The lowest BCUT2D eigenvalue weighted by molar-refractivity contribution is 0.0967. The predicted molar refractivity (Wildman–Crippen MR) is 137 cm³/mol. The number of likely N-dealkylation sites (N-methyl/N-ethyl adjacent to an activating group) is 1. The van der Waals surface area contributed by atoms with Gasteiger partial charge in [0.05, 0.1) is 21.8 Å². The summed E-state index contributed by atoms with van der Waals surface area (Å²) in [5, 5.41) is 11.1. The molecular weight excluding hydrogens is 448 g/mol. The number of piperazine rings is 1. The van der Waals surface area contributed by atoms with Crippen molar-refractivity contribution in [3.8, 4) is 16.9 Å². The molecule has 34 heavy (non-hydrogen) atoms. The first-order valence-corrected chi connectivity index (χ1v) is 12.1. The molecule has 1 saturated carbocycles. The zero-order valence-electron chi connectivity index (χ0n) is 19.5. The van der Waals surface area contributed by atoms with Crippen LogP contribution in [0.15, 0.2) is 42.6 Å². The highest BCUT2D eigenvalue weighted by Gasteiger charge is 2.34. The number of aromatic hydroxyl groups is 1. The number of ketones is 1. The molecule has 0 spiro atoms. The number of hydrogen-bond acceptors (Lipinski definition) is 6. The number of hydrogen-bond donors (Lipinski definition) is 1.